The smallest absolute Gasteiger partial charge is 0.287 e. The Labute approximate surface area is 157 Å². The molecule has 130 valence electrons. The molecule has 1 aromatic carbocycles. The normalized spacial score (nSPS) is 12.0. The molecule has 0 saturated carbocycles. The first-order chi connectivity index (χ1) is 12.1. The van der Waals surface area contributed by atoms with Gasteiger partial charge in [-0.2, -0.15) is 0 Å². The van der Waals surface area contributed by atoms with Crippen molar-refractivity contribution < 1.29 is 13.4 Å². The molecule has 0 bridgehead atoms. The van der Waals surface area contributed by atoms with Crippen LogP contribution in [0.25, 0.3) is 0 Å². The highest BCUT2D eigenvalue weighted by Gasteiger charge is 2.13. The molecule has 0 aliphatic heterocycles. The first kappa shape index (κ1) is 17.9. The van der Waals surface area contributed by atoms with Crippen LogP contribution in [0.1, 0.15) is 21.2 Å². The molecule has 0 saturated heterocycles. The number of hydrogen-bond donors (Lipinski definition) is 1. The fourth-order valence-electron chi connectivity index (χ4n) is 2.24. The second kappa shape index (κ2) is 8.47. The molecule has 1 unspecified atom stereocenters. The maximum atomic E-state index is 12.3. The van der Waals surface area contributed by atoms with E-state index < -0.39 is 10.8 Å². The Hall–Kier alpha value is -1.89. The molecule has 3 rings (SSSR count). The molecule has 2 heterocycles. The Bertz CT molecular complexity index is 874. The summed E-state index contributed by atoms with van der Waals surface area (Å²) in [6.07, 6.45) is 0.787. The Kier molecular flexibility index (Phi) is 6.07. The lowest BCUT2D eigenvalue weighted by Crippen LogP contribution is -2.25. The summed E-state index contributed by atoms with van der Waals surface area (Å²) in [6, 6.07) is 14.2. The number of thiophene rings is 1. The third kappa shape index (κ3) is 5.04. The summed E-state index contributed by atoms with van der Waals surface area (Å²) in [5, 5.41) is 5.37. The minimum Gasteiger partial charge on any atom is -0.455 e. The van der Waals surface area contributed by atoms with Gasteiger partial charge in [0.2, 0.25) is 0 Å². The van der Waals surface area contributed by atoms with Gasteiger partial charge in [-0.25, -0.2) is 0 Å². The van der Waals surface area contributed by atoms with Gasteiger partial charge >= 0.3 is 0 Å². The number of nitrogens with one attached hydrogen (secondary N) is 1. The van der Waals surface area contributed by atoms with Crippen LogP contribution in [0.5, 0.6) is 0 Å². The number of carbonyl (C=O) groups is 1. The fourth-order valence-corrected chi connectivity index (χ4v) is 4.27. The average Bonchev–Trinajstić information content (AvgIpc) is 3.26. The van der Waals surface area contributed by atoms with Crippen molar-refractivity contribution in [1.29, 1.82) is 0 Å². The Morgan fingerprint density at radius 1 is 1.20 bits per heavy atom. The van der Waals surface area contributed by atoms with E-state index in [-0.39, 0.29) is 17.4 Å². The van der Waals surface area contributed by atoms with Crippen LogP contribution in [-0.4, -0.2) is 16.7 Å². The number of hydrogen-bond acceptors (Lipinski definition) is 4. The number of carbonyl (C=O) groups excluding carboxylic acids is 1. The van der Waals surface area contributed by atoms with E-state index in [9.17, 15) is 9.00 Å². The average molecular weight is 394 g/mol. The van der Waals surface area contributed by atoms with Crippen LogP contribution in [0.3, 0.4) is 0 Å². The number of rotatable bonds is 7. The molecular weight excluding hydrogens is 378 g/mol. The molecule has 4 nitrogen and oxygen atoms in total. The second-order valence-electron chi connectivity index (χ2n) is 5.30. The number of amides is 1. The zero-order chi connectivity index (χ0) is 17.6. The van der Waals surface area contributed by atoms with Crippen molar-refractivity contribution in [2.45, 2.75) is 17.1 Å². The van der Waals surface area contributed by atoms with Gasteiger partial charge in [-0.1, -0.05) is 23.7 Å². The van der Waals surface area contributed by atoms with Crippen molar-refractivity contribution in [1.82, 2.24) is 5.32 Å². The van der Waals surface area contributed by atoms with Gasteiger partial charge in [0, 0.05) is 21.3 Å². The maximum absolute atomic E-state index is 12.3. The summed E-state index contributed by atoms with van der Waals surface area (Å²) in [5.74, 6) is 0.658. The van der Waals surface area contributed by atoms with Gasteiger partial charge in [0.15, 0.2) is 5.76 Å². The third-order valence-corrected chi connectivity index (χ3v) is 5.95. The van der Waals surface area contributed by atoms with E-state index in [1.807, 2.05) is 17.5 Å². The third-order valence-electron chi connectivity index (χ3n) is 3.45. The van der Waals surface area contributed by atoms with Crippen LogP contribution in [0.2, 0.25) is 5.02 Å². The molecule has 1 atom stereocenters. The zero-order valence-electron chi connectivity index (χ0n) is 13.2. The van der Waals surface area contributed by atoms with Gasteiger partial charge in [0.1, 0.15) is 5.76 Å². The van der Waals surface area contributed by atoms with Crippen molar-refractivity contribution in [2.24, 2.45) is 0 Å². The van der Waals surface area contributed by atoms with E-state index in [1.54, 1.807) is 47.7 Å². The Morgan fingerprint density at radius 2 is 2.08 bits per heavy atom. The summed E-state index contributed by atoms with van der Waals surface area (Å²) < 4.78 is 17.9. The molecule has 2 aromatic heterocycles. The highest BCUT2D eigenvalue weighted by atomic mass is 35.5. The molecule has 25 heavy (non-hydrogen) atoms. The van der Waals surface area contributed by atoms with E-state index in [0.717, 1.165) is 6.42 Å². The molecular formula is C18H16ClNO3S2. The first-order valence-electron chi connectivity index (χ1n) is 7.65. The predicted molar refractivity (Wildman–Crippen MR) is 101 cm³/mol. The highest BCUT2D eigenvalue weighted by molar-refractivity contribution is 7.84. The molecule has 0 aliphatic carbocycles. The van der Waals surface area contributed by atoms with E-state index in [2.05, 4.69) is 5.32 Å². The standard InChI is InChI=1S/C18H16ClNO3S2/c19-13-3-1-5-16(11-13)25(22)12-14-6-7-17(23-14)18(21)20-9-8-15-4-2-10-24-15/h1-7,10-11H,8-9,12H2,(H,20,21). The van der Waals surface area contributed by atoms with Crippen LogP contribution < -0.4 is 5.32 Å². The molecule has 0 fully saturated rings. The zero-order valence-corrected chi connectivity index (χ0v) is 15.6. The minimum absolute atomic E-state index is 0.197. The summed E-state index contributed by atoms with van der Waals surface area (Å²) in [6.45, 7) is 0.545. The maximum Gasteiger partial charge on any atom is 0.287 e. The topological polar surface area (TPSA) is 59.3 Å². The number of halogens is 1. The van der Waals surface area contributed by atoms with E-state index in [1.165, 1.54) is 4.88 Å². The molecule has 0 radical (unpaired) electrons. The lowest BCUT2D eigenvalue weighted by molar-refractivity contribution is 0.0925. The van der Waals surface area contributed by atoms with E-state index in [0.29, 0.717) is 22.2 Å². The van der Waals surface area contributed by atoms with Crippen LogP contribution in [-0.2, 0) is 23.0 Å². The lowest BCUT2D eigenvalue weighted by Gasteiger charge is -2.02. The van der Waals surface area contributed by atoms with Gasteiger partial charge in [-0.3, -0.25) is 9.00 Å². The van der Waals surface area contributed by atoms with Crippen molar-refractivity contribution >= 4 is 39.6 Å². The largest absolute Gasteiger partial charge is 0.455 e. The quantitative estimate of drug-likeness (QED) is 0.651. The molecule has 0 spiro atoms. The van der Waals surface area contributed by atoms with Crippen LogP contribution >= 0.6 is 22.9 Å². The van der Waals surface area contributed by atoms with Gasteiger partial charge < -0.3 is 9.73 Å². The van der Waals surface area contributed by atoms with Crippen LogP contribution in [0.4, 0.5) is 0 Å². The predicted octanol–water partition coefficient (Wildman–Crippen LogP) is 4.27. The first-order valence-corrected chi connectivity index (χ1v) is 10.2. The monoisotopic (exact) mass is 393 g/mol. The number of benzene rings is 1. The van der Waals surface area contributed by atoms with Crippen LogP contribution in [0, 0.1) is 0 Å². The van der Waals surface area contributed by atoms with Crippen molar-refractivity contribution in [2.75, 3.05) is 6.54 Å². The van der Waals surface area contributed by atoms with Crippen molar-refractivity contribution in [3.05, 3.63) is 75.3 Å². The minimum atomic E-state index is -1.28. The second-order valence-corrected chi connectivity index (χ2v) is 8.22. The van der Waals surface area contributed by atoms with Gasteiger partial charge in [0.05, 0.1) is 16.6 Å². The molecule has 0 aliphatic rings. The van der Waals surface area contributed by atoms with E-state index >= 15 is 0 Å². The molecule has 1 N–H and O–H groups in total. The summed E-state index contributed by atoms with van der Waals surface area (Å²) >= 11 is 7.58. The van der Waals surface area contributed by atoms with Gasteiger partial charge in [-0.05, 0) is 48.2 Å². The molecule has 1 amide bonds. The number of furan rings is 1. The van der Waals surface area contributed by atoms with Gasteiger partial charge in [-0.15, -0.1) is 11.3 Å². The Balaban J connectivity index is 1.54. The Morgan fingerprint density at radius 3 is 2.84 bits per heavy atom. The highest BCUT2D eigenvalue weighted by Crippen LogP contribution is 2.18. The van der Waals surface area contributed by atoms with E-state index in [4.69, 9.17) is 16.0 Å². The summed E-state index contributed by atoms with van der Waals surface area (Å²) in [5.41, 5.74) is 0. The van der Waals surface area contributed by atoms with Crippen molar-refractivity contribution in [3.8, 4) is 0 Å². The van der Waals surface area contributed by atoms with Crippen molar-refractivity contribution in [3.63, 3.8) is 0 Å². The summed E-state index contributed by atoms with van der Waals surface area (Å²) in [4.78, 5) is 13.9. The SMILES string of the molecule is O=C(NCCc1cccs1)c1ccc(CS(=O)c2cccc(Cl)c2)o1. The van der Waals surface area contributed by atoms with Crippen LogP contribution in [0.15, 0.2) is 63.2 Å². The summed E-state index contributed by atoms with van der Waals surface area (Å²) in [7, 11) is -1.28. The fraction of sp³-hybridized carbons (Fsp3) is 0.167. The molecule has 3 aromatic rings. The lowest BCUT2D eigenvalue weighted by atomic mass is 10.3. The van der Waals surface area contributed by atoms with Gasteiger partial charge in [0.25, 0.3) is 5.91 Å². The molecule has 7 heteroatoms.